The predicted octanol–water partition coefficient (Wildman–Crippen LogP) is 4.99. The summed E-state index contributed by atoms with van der Waals surface area (Å²) in [6, 6.07) is 17.7. The Balaban J connectivity index is 1.70. The maximum atomic E-state index is 13.3. The molecule has 2 unspecified atom stereocenters. The molecule has 2 aromatic rings. The van der Waals surface area contributed by atoms with E-state index in [2.05, 4.69) is 6.07 Å². The molecule has 4 rings (SSSR count). The molecule has 1 heterocycles. The molecule has 0 spiro atoms. The highest BCUT2D eigenvalue weighted by molar-refractivity contribution is 5.92. The van der Waals surface area contributed by atoms with E-state index in [1.807, 2.05) is 66.4 Å². The Hall–Kier alpha value is -2.59. The van der Waals surface area contributed by atoms with Gasteiger partial charge in [0.1, 0.15) is 5.75 Å². The number of amides is 1. The van der Waals surface area contributed by atoms with Gasteiger partial charge in [0.15, 0.2) is 0 Å². The third-order valence-electron chi connectivity index (χ3n) is 6.61. The summed E-state index contributed by atoms with van der Waals surface area (Å²) < 4.78 is 5.92. The van der Waals surface area contributed by atoms with Crippen molar-refractivity contribution in [2.75, 3.05) is 13.2 Å². The number of para-hydroxylation sites is 1. The van der Waals surface area contributed by atoms with E-state index in [0.29, 0.717) is 19.6 Å². The highest BCUT2D eigenvalue weighted by Crippen LogP contribution is 2.50. The highest BCUT2D eigenvalue weighted by Gasteiger charge is 2.50. The molecule has 1 amide bonds. The molecule has 3 atom stereocenters. The van der Waals surface area contributed by atoms with Gasteiger partial charge in [0.2, 0.25) is 5.91 Å². The van der Waals surface area contributed by atoms with Crippen LogP contribution in [0.2, 0.25) is 0 Å². The average molecular weight is 406 g/mol. The zero-order valence-electron chi connectivity index (χ0n) is 17.7. The van der Waals surface area contributed by atoms with Crippen molar-refractivity contribution < 1.29 is 14.6 Å². The van der Waals surface area contributed by atoms with Crippen LogP contribution >= 0.6 is 0 Å². The number of benzene rings is 2. The van der Waals surface area contributed by atoms with Crippen molar-refractivity contribution >= 4 is 12.0 Å². The molecule has 2 aliphatic rings. The number of piperidine rings is 1. The molecule has 2 aromatic carbocycles. The number of fused-ring (bicyclic) bond motifs is 1. The highest BCUT2D eigenvalue weighted by atomic mass is 16.5. The van der Waals surface area contributed by atoms with Crippen molar-refractivity contribution in [3.8, 4) is 5.75 Å². The van der Waals surface area contributed by atoms with Crippen LogP contribution in [0.15, 0.2) is 60.7 Å². The first-order valence-electron chi connectivity index (χ1n) is 11.1. The van der Waals surface area contributed by atoms with Crippen LogP contribution in [0.1, 0.15) is 56.2 Å². The summed E-state index contributed by atoms with van der Waals surface area (Å²) in [5.74, 6) is 0.822. The molecule has 30 heavy (non-hydrogen) atoms. The maximum Gasteiger partial charge on any atom is 0.247 e. The zero-order valence-corrected chi connectivity index (χ0v) is 17.7. The monoisotopic (exact) mass is 405 g/mol. The van der Waals surface area contributed by atoms with E-state index in [-0.39, 0.29) is 17.9 Å². The summed E-state index contributed by atoms with van der Waals surface area (Å²) in [6.45, 7) is 3.09. The van der Waals surface area contributed by atoms with Gasteiger partial charge >= 0.3 is 0 Å². The Labute approximate surface area is 179 Å². The number of hydrogen-bond donors (Lipinski definition) is 1. The van der Waals surface area contributed by atoms with Gasteiger partial charge in [-0.2, -0.15) is 0 Å². The van der Waals surface area contributed by atoms with E-state index in [9.17, 15) is 9.90 Å². The van der Waals surface area contributed by atoms with Gasteiger partial charge in [-0.25, -0.2) is 0 Å². The second-order valence-corrected chi connectivity index (χ2v) is 8.40. The molecule has 158 valence electrons. The first kappa shape index (κ1) is 20.7. The summed E-state index contributed by atoms with van der Waals surface area (Å²) in [5.41, 5.74) is 1.30. The SMILES string of the molecule is CCOc1ccccc1[C@H]1C2CCCCC2(O)CCN1C(=O)/C=C/c1ccccc1. The number of carbonyl (C=O) groups is 1. The number of hydrogen-bond acceptors (Lipinski definition) is 3. The van der Waals surface area contributed by atoms with Crippen molar-refractivity contribution in [1.82, 2.24) is 4.90 Å². The van der Waals surface area contributed by atoms with Gasteiger partial charge in [-0.15, -0.1) is 0 Å². The summed E-state index contributed by atoms with van der Waals surface area (Å²) in [6.07, 6.45) is 8.04. The first-order chi connectivity index (χ1) is 14.6. The van der Waals surface area contributed by atoms with Gasteiger partial charge in [-0.3, -0.25) is 4.79 Å². The van der Waals surface area contributed by atoms with Crippen LogP contribution in [0.5, 0.6) is 5.75 Å². The van der Waals surface area contributed by atoms with Crippen molar-refractivity contribution in [3.05, 3.63) is 71.8 Å². The van der Waals surface area contributed by atoms with Crippen molar-refractivity contribution in [2.24, 2.45) is 5.92 Å². The predicted molar refractivity (Wildman–Crippen MR) is 119 cm³/mol. The van der Waals surface area contributed by atoms with Crippen molar-refractivity contribution in [2.45, 2.75) is 50.7 Å². The van der Waals surface area contributed by atoms with Crippen molar-refractivity contribution in [1.29, 1.82) is 0 Å². The molecule has 2 fully saturated rings. The van der Waals surface area contributed by atoms with Crippen LogP contribution in [-0.4, -0.2) is 34.7 Å². The van der Waals surface area contributed by atoms with E-state index in [1.54, 1.807) is 6.08 Å². The maximum absolute atomic E-state index is 13.3. The quantitative estimate of drug-likeness (QED) is 0.713. The van der Waals surface area contributed by atoms with Crippen LogP contribution in [-0.2, 0) is 4.79 Å². The number of likely N-dealkylation sites (tertiary alicyclic amines) is 1. The van der Waals surface area contributed by atoms with Crippen LogP contribution in [0.3, 0.4) is 0 Å². The number of rotatable bonds is 5. The average Bonchev–Trinajstić information content (AvgIpc) is 2.78. The van der Waals surface area contributed by atoms with Crippen LogP contribution in [0.25, 0.3) is 6.08 Å². The summed E-state index contributed by atoms with van der Waals surface area (Å²) in [5, 5.41) is 11.5. The normalized spacial score (nSPS) is 26.4. The molecule has 1 N–H and O–H groups in total. The number of aliphatic hydroxyl groups is 1. The number of nitrogens with zero attached hydrogens (tertiary/aromatic N) is 1. The van der Waals surface area contributed by atoms with Crippen LogP contribution in [0.4, 0.5) is 0 Å². The van der Waals surface area contributed by atoms with Gasteiger partial charge in [0.05, 0.1) is 18.2 Å². The molecular formula is C26H31NO3. The Morgan fingerprint density at radius 1 is 1.13 bits per heavy atom. The molecule has 1 saturated carbocycles. The molecule has 0 aromatic heterocycles. The summed E-state index contributed by atoms with van der Waals surface area (Å²) in [7, 11) is 0. The minimum absolute atomic E-state index is 0.0113. The van der Waals surface area contributed by atoms with Gasteiger partial charge < -0.3 is 14.7 Å². The topological polar surface area (TPSA) is 49.8 Å². The van der Waals surface area contributed by atoms with E-state index in [1.165, 1.54) is 0 Å². The Bertz CT molecular complexity index is 894. The third-order valence-corrected chi connectivity index (χ3v) is 6.61. The summed E-state index contributed by atoms with van der Waals surface area (Å²) in [4.78, 5) is 15.3. The second kappa shape index (κ2) is 9.05. The smallest absolute Gasteiger partial charge is 0.247 e. The van der Waals surface area contributed by atoms with Gasteiger partial charge in [-0.1, -0.05) is 61.4 Å². The second-order valence-electron chi connectivity index (χ2n) is 8.40. The molecule has 0 bridgehead atoms. The lowest BCUT2D eigenvalue weighted by Crippen LogP contribution is -2.56. The fourth-order valence-electron chi connectivity index (χ4n) is 5.15. The van der Waals surface area contributed by atoms with E-state index in [4.69, 9.17) is 4.74 Å². The van der Waals surface area contributed by atoms with Crippen LogP contribution < -0.4 is 4.74 Å². The lowest BCUT2D eigenvalue weighted by atomic mass is 9.66. The molecule has 1 saturated heterocycles. The molecular weight excluding hydrogens is 374 g/mol. The van der Waals surface area contributed by atoms with Gasteiger partial charge in [0, 0.05) is 24.1 Å². The minimum Gasteiger partial charge on any atom is -0.494 e. The lowest BCUT2D eigenvalue weighted by Gasteiger charge is -2.52. The zero-order chi connectivity index (χ0) is 21.0. The molecule has 0 radical (unpaired) electrons. The molecule has 1 aliphatic carbocycles. The number of ether oxygens (including phenoxy) is 1. The Kier molecular flexibility index (Phi) is 6.24. The Morgan fingerprint density at radius 3 is 2.70 bits per heavy atom. The molecule has 4 nitrogen and oxygen atoms in total. The van der Waals surface area contributed by atoms with Gasteiger partial charge in [0.25, 0.3) is 0 Å². The molecule has 4 heteroatoms. The van der Waals surface area contributed by atoms with E-state index in [0.717, 1.165) is 42.6 Å². The van der Waals surface area contributed by atoms with Crippen molar-refractivity contribution in [3.63, 3.8) is 0 Å². The first-order valence-corrected chi connectivity index (χ1v) is 11.1. The minimum atomic E-state index is -0.706. The van der Waals surface area contributed by atoms with E-state index < -0.39 is 5.60 Å². The lowest BCUT2D eigenvalue weighted by molar-refractivity contribution is -0.151. The largest absolute Gasteiger partial charge is 0.494 e. The fourth-order valence-corrected chi connectivity index (χ4v) is 5.15. The van der Waals surface area contributed by atoms with E-state index >= 15 is 0 Å². The fraction of sp³-hybridized carbons (Fsp3) is 0.423. The molecule has 1 aliphatic heterocycles. The number of carbonyl (C=O) groups excluding carboxylic acids is 1. The summed E-state index contributed by atoms with van der Waals surface area (Å²) >= 11 is 0. The van der Waals surface area contributed by atoms with Gasteiger partial charge in [-0.05, 0) is 43.9 Å². The standard InChI is InChI=1S/C26H31NO3/c1-2-30-23-14-7-6-12-21(23)25-22-13-8-9-17-26(22,29)18-19-27(25)24(28)16-15-20-10-4-3-5-11-20/h3-7,10-12,14-16,22,25,29H,2,8-9,13,17-19H2,1H3/b16-15+/t22?,25-,26?/m0/s1. The third kappa shape index (κ3) is 4.15. The Morgan fingerprint density at radius 2 is 1.90 bits per heavy atom. The van der Waals surface area contributed by atoms with Crippen LogP contribution in [0, 0.1) is 5.92 Å².